The van der Waals surface area contributed by atoms with Crippen LogP contribution in [0.1, 0.15) is 79.1 Å². The molecule has 0 saturated carbocycles. The summed E-state index contributed by atoms with van der Waals surface area (Å²) in [5, 5.41) is 12.3. The number of aliphatic hydroxyl groups is 1. The van der Waals surface area contributed by atoms with E-state index in [1.54, 1.807) is 12.2 Å². The van der Waals surface area contributed by atoms with E-state index in [1.807, 2.05) is 20.8 Å². The van der Waals surface area contributed by atoms with Gasteiger partial charge in [0.2, 0.25) is 0 Å². The van der Waals surface area contributed by atoms with Crippen molar-refractivity contribution in [3.05, 3.63) is 12.2 Å². The van der Waals surface area contributed by atoms with Gasteiger partial charge in [-0.3, -0.25) is 0 Å². The number of nitrogens with one attached hydrogen (secondary N) is 1. The van der Waals surface area contributed by atoms with E-state index in [2.05, 4.69) is 12.2 Å². The molecule has 5 heteroatoms. The first-order valence-electron chi connectivity index (χ1n) is 9.22. The number of carbonyl (C=O) groups is 1. The van der Waals surface area contributed by atoms with Crippen LogP contribution in [0.15, 0.2) is 12.2 Å². The minimum Gasteiger partial charge on any atom is -0.444 e. The lowest BCUT2D eigenvalue weighted by molar-refractivity contribution is 0.0534. The van der Waals surface area contributed by atoms with Gasteiger partial charge in [-0.1, -0.05) is 64.0 Å². The maximum Gasteiger partial charge on any atom is 0.407 e. The van der Waals surface area contributed by atoms with Crippen molar-refractivity contribution in [2.45, 2.75) is 96.1 Å². The minimum absolute atomic E-state index is 0.279. The van der Waals surface area contributed by atoms with E-state index in [-0.39, 0.29) is 5.38 Å². The summed E-state index contributed by atoms with van der Waals surface area (Å²) in [4.78, 5) is 11.5. The summed E-state index contributed by atoms with van der Waals surface area (Å²) < 4.78 is 5.12. The maximum absolute atomic E-state index is 11.5. The fourth-order valence-corrected chi connectivity index (χ4v) is 2.49. The molecule has 0 radical (unpaired) electrons. The van der Waals surface area contributed by atoms with Crippen molar-refractivity contribution in [3.8, 4) is 0 Å². The van der Waals surface area contributed by atoms with Crippen LogP contribution in [0.25, 0.3) is 0 Å². The number of alkyl carbamates (subject to hydrolysis) is 1. The first-order chi connectivity index (χ1) is 11.3. The van der Waals surface area contributed by atoms with Gasteiger partial charge in [-0.05, 0) is 27.2 Å². The quantitative estimate of drug-likeness (QED) is 0.286. The van der Waals surface area contributed by atoms with E-state index in [9.17, 15) is 9.90 Å². The highest BCUT2D eigenvalue weighted by molar-refractivity contribution is 6.21. The molecule has 0 heterocycles. The number of alkyl halides is 1. The van der Waals surface area contributed by atoms with Crippen molar-refractivity contribution >= 4 is 17.7 Å². The molecule has 4 nitrogen and oxygen atoms in total. The zero-order chi connectivity index (χ0) is 18.4. The van der Waals surface area contributed by atoms with Crippen LogP contribution >= 0.6 is 11.6 Å². The second kappa shape index (κ2) is 13.5. The van der Waals surface area contributed by atoms with Crippen LogP contribution in [0, 0.1) is 0 Å². The third kappa shape index (κ3) is 14.8. The van der Waals surface area contributed by atoms with Gasteiger partial charge in [0, 0.05) is 6.54 Å². The fraction of sp³-hybridized carbons (Fsp3) is 0.842. The van der Waals surface area contributed by atoms with Crippen LogP contribution in [-0.4, -0.2) is 34.8 Å². The SMILES string of the molecule is CCCCCCCCC[C@H](Cl)[C@H](O)/C=C\CNC(=O)OC(C)(C)C. The molecule has 0 aliphatic carbocycles. The van der Waals surface area contributed by atoms with Crippen LogP contribution in [0.4, 0.5) is 4.79 Å². The highest BCUT2D eigenvalue weighted by Crippen LogP contribution is 2.15. The summed E-state index contributed by atoms with van der Waals surface area (Å²) in [6, 6.07) is 0. The van der Waals surface area contributed by atoms with Crippen LogP contribution in [0.3, 0.4) is 0 Å². The van der Waals surface area contributed by atoms with Gasteiger partial charge in [0.15, 0.2) is 0 Å². The number of hydrogen-bond donors (Lipinski definition) is 2. The number of ether oxygens (including phenoxy) is 1. The predicted octanol–water partition coefficient (Wildman–Crippen LogP) is 5.18. The number of amides is 1. The van der Waals surface area contributed by atoms with Crippen molar-refractivity contribution in [2.75, 3.05) is 6.54 Å². The Morgan fingerprint density at radius 2 is 1.75 bits per heavy atom. The van der Waals surface area contributed by atoms with Gasteiger partial charge in [0.05, 0.1) is 11.5 Å². The number of hydrogen-bond acceptors (Lipinski definition) is 3. The van der Waals surface area contributed by atoms with Crippen LogP contribution in [0.2, 0.25) is 0 Å². The lowest BCUT2D eigenvalue weighted by atomic mass is 10.1. The fourth-order valence-electron chi connectivity index (χ4n) is 2.25. The molecule has 0 aromatic carbocycles. The topological polar surface area (TPSA) is 58.6 Å². The van der Waals surface area contributed by atoms with E-state index in [0.29, 0.717) is 6.54 Å². The average Bonchev–Trinajstić information content (AvgIpc) is 2.48. The second-order valence-electron chi connectivity index (χ2n) is 7.23. The summed E-state index contributed by atoms with van der Waals surface area (Å²) in [5.74, 6) is 0. The smallest absolute Gasteiger partial charge is 0.407 e. The van der Waals surface area contributed by atoms with E-state index in [4.69, 9.17) is 16.3 Å². The molecule has 0 fully saturated rings. The molecule has 2 N–H and O–H groups in total. The minimum atomic E-state index is -0.688. The zero-order valence-corrected chi connectivity index (χ0v) is 16.6. The van der Waals surface area contributed by atoms with Crippen LogP contribution < -0.4 is 5.32 Å². The number of rotatable bonds is 12. The Kier molecular flexibility index (Phi) is 13.1. The molecule has 0 saturated heterocycles. The Hall–Kier alpha value is -0.740. The summed E-state index contributed by atoms with van der Waals surface area (Å²) in [7, 11) is 0. The number of unbranched alkanes of at least 4 members (excludes halogenated alkanes) is 6. The second-order valence-corrected chi connectivity index (χ2v) is 7.79. The number of halogens is 1. The Morgan fingerprint density at radius 3 is 2.33 bits per heavy atom. The molecule has 0 aromatic rings. The molecule has 142 valence electrons. The molecule has 0 aliphatic rings. The van der Waals surface area contributed by atoms with Crippen molar-refractivity contribution in [1.82, 2.24) is 5.32 Å². The van der Waals surface area contributed by atoms with Crippen LogP contribution in [-0.2, 0) is 4.74 Å². The monoisotopic (exact) mass is 361 g/mol. The van der Waals surface area contributed by atoms with Gasteiger partial charge in [-0.15, -0.1) is 11.6 Å². The maximum atomic E-state index is 11.5. The lowest BCUT2D eigenvalue weighted by Crippen LogP contribution is -2.32. The van der Waals surface area contributed by atoms with Crippen molar-refractivity contribution in [1.29, 1.82) is 0 Å². The number of carbonyl (C=O) groups excluding carboxylic acids is 1. The first-order valence-corrected chi connectivity index (χ1v) is 9.65. The Labute approximate surface area is 153 Å². The van der Waals surface area contributed by atoms with Gasteiger partial charge < -0.3 is 15.2 Å². The Morgan fingerprint density at radius 1 is 1.17 bits per heavy atom. The summed E-state index contributed by atoms with van der Waals surface area (Å²) in [5.41, 5.74) is -0.509. The summed E-state index contributed by atoms with van der Waals surface area (Å²) >= 11 is 6.21. The van der Waals surface area contributed by atoms with E-state index >= 15 is 0 Å². The largest absolute Gasteiger partial charge is 0.444 e. The molecule has 2 atom stereocenters. The molecule has 0 unspecified atom stereocenters. The zero-order valence-electron chi connectivity index (χ0n) is 15.8. The first kappa shape index (κ1) is 23.3. The van der Waals surface area contributed by atoms with Crippen molar-refractivity contribution < 1.29 is 14.6 Å². The highest BCUT2D eigenvalue weighted by Gasteiger charge is 2.15. The third-order valence-corrected chi connectivity index (χ3v) is 4.03. The molecular weight excluding hydrogens is 326 g/mol. The van der Waals surface area contributed by atoms with Crippen molar-refractivity contribution in [2.24, 2.45) is 0 Å². The van der Waals surface area contributed by atoms with Crippen molar-refractivity contribution in [3.63, 3.8) is 0 Å². The molecule has 24 heavy (non-hydrogen) atoms. The summed E-state index contributed by atoms with van der Waals surface area (Å²) in [6.45, 7) is 7.97. The van der Waals surface area contributed by atoms with Gasteiger partial charge in [-0.2, -0.15) is 0 Å². The standard InChI is InChI=1S/C19H36ClNO3/c1-5-6-7-8-9-10-11-13-16(20)17(22)14-12-15-21-18(23)24-19(2,3)4/h12,14,16-17,22H,5-11,13,15H2,1-4H3,(H,21,23)/b14-12-/t16-,17+/m0/s1. The summed E-state index contributed by atoms with van der Waals surface area (Å²) in [6.07, 6.45) is 11.6. The molecule has 0 aromatic heterocycles. The van der Waals surface area contributed by atoms with Gasteiger partial charge in [0.25, 0.3) is 0 Å². The molecule has 0 bridgehead atoms. The van der Waals surface area contributed by atoms with Gasteiger partial charge in [-0.25, -0.2) is 4.79 Å². The highest BCUT2D eigenvalue weighted by atomic mass is 35.5. The molecule has 0 spiro atoms. The number of aliphatic hydroxyl groups excluding tert-OH is 1. The Bertz CT molecular complexity index is 353. The molecule has 0 rings (SSSR count). The van der Waals surface area contributed by atoms with Crippen LogP contribution in [0.5, 0.6) is 0 Å². The lowest BCUT2D eigenvalue weighted by Gasteiger charge is -2.19. The molecule has 0 aliphatic heterocycles. The molecular formula is C19H36ClNO3. The normalized spacial score (nSPS) is 14.6. The third-order valence-electron chi connectivity index (χ3n) is 3.55. The van der Waals surface area contributed by atoms with E-state index in [1.165, 1.54) is 38.5 Å². The van der Waals surface area contributed by atoms with E-state index < -0.39 is 17.8 Å². The average molecular weight is 362 g/mol. The Balaban J connectivity index is 3.73. The van der Waals surface area contributed by atoms with Gasteiger partial charge >= 0.3 is 6.09 Å². The van der Waals surface area contributed by atoms with Gasteiger partial charge in [0.1, 0.15) is 5.60 Å². The van der Waals surface area contributed by atoms with E-state index in [0.717, 1.165) is 12.8 Å². The predicted molar refractivity (Wildman–Crippen MR) is 102 cm³/mol. The molecule has 1 amide bonds.